The molecule has 0 heterocycles. The number of carbonyl (C=O) groups excluding carboxylic acids is 3. The van der Waals surface area contributed by atoms with Crippen LogP contribution < -0.4 is 0 Å². The predicted molar refractivity (Wildman–Crippen MR) is 52.0 cm³/mol. The van der Waals surface area contributed by atoms with E-state index in [0.717, 1.165) is 5.57 Å². The van der Waals surface area contributed by atoms with Gasteiger partial charge in [-0.2, -0.15) is 0 Å². The second kappa shape index (κ2) is 2.65. The second-order valence-corrected chi connectivity index (χ2v) is 4.91. The van der Waals surface area contributed by atoms with Gasteiger partial charge >= 0.3 is 0 Å². The van der Waals surface area contributed by atoms with E-state index in [1.54, 1.807) is 0 Å². The molecular formula is C12H12O3. The van der Waals surface area contributed by atoms with E-state index in [1.165, 1.54) is 0 Å². The summed E-state index contributed by atoms with van der Waals surface area (Å²) in [6, 6.07) is 0. The first-order chi connectivity index (χ1) is 7.09. The highest BCUT2D eigenvalue weighted by atomic mass is 16.2. The highest BCUT2D eigenvalue weighted by Crippen LogP contribution is 2.54. The molecule has 0 aliphatic heterocycles. The zero-order valence-corrected chi connectivity index (χ0v) is 8.36. The number of ketones is 3. The van der Waals surface area contributed by atoms with Crippen molar-refractivity contribution in [2.24, 2.45) is 23.7 Å². The Bertz CT molecular complexity index is 369. The van der Waals surface area contributed by atoms with Crippen molar-refractivity contribution in [1.29, 1.82) is 0 Å². The van der Waals surface area contributed by atoms with Crippen LogP contribution in [0.1, 0.15) is 19.3 Å². The molecule has 0 N–H and O–H groups in total. The summed E-state index contributed by atoms with van der Waals surface area (Å²) in [7, 11) is 0. The third-order valence-electron chi connectivity index (χ3n) is 4.19. The molecule has 4 unspecified atom stereocenters. The van der Waals surface area contributed by atoms with E-state index in [-0.39, 0.29) is 47.4 Å². The van der Waals surface area contributed by atoms with Gasteiger partial charge in [0.25, 0.3) is 0 Å². The predicted octanol–water partition coefficient (Wildman–Crippen LogP) is 0.926. The topological polar surface area (TPSA) is 51.2 Å². The van der Waals surface area contributed by atoms with Crippen molar-refractivity contribution in [3.05, 3.63) is 12.2 Å². The SMILES string of the molecule is C=C1CC(=O)C2C1CC1C(=O)CC(=O)C12. The van der Waals surface area contributed by atoms with Gasteiger partial charge in [0.15, 0.2) is 0 Å². The first-order valence-electron chi connectivity index (χ1n) is 5.35. The van der Waals surface area contributed by atoms with E-state index in [0.29, 0.717) is 12.8 Å². The Kier molecular flexibility index (Phi) is 1.59. The standard InChI is InChI=1S/C12H12O3/c1-5-2-9(14)11-6(5)3-7-8(13)4-10(15)12(7)11/h6-7,11-12H,1-4H2. The summed E-state index contributed by atoms with van der Waals surface area (Å²) in [4.78, 5) is 34.9. The van der Waals surface area contributed by atoms with E-state index in [1.807, 2.05) is 0 Å². The van der Waals surface area contributed by atoms with E-state index in [4.69, 9.17) is 0 Å². The highest BCUT2D eigenvalue weighted by molar-refractivity contribution is 6.11. The number of fused-ring (bicyclic) bond motifs is 3. The van der Waals surface area contributed by atoms with Gasteiger partial charge in [0.1, 0.15) is 17.3 Å². The summed E-state index contributed by atoms with van der Waals surface area (Å²) in [5.74, 6) is -0.411. The van der Waals surface area contributed by atoms with Crippen LogP contribution in [0.4, 0.5) is 0 Å². The Balaban J connectivity index is 2.03. The first-order valence-corrected chi connectivity index (χ1v) is 5.35. The highest BCUT2D eigenvalue weighted by Gasteiger charge is 2.58. The lowest BCUT2D eigenvalue weighted by atomic mass is 9.88. The molecule has 0 radical (unpaired) electrons. The molecule has 3 saturated carbocycles. The van der Waals surface area contributed by atoms with Gasteiger partial charge < -0.3 is 0 Å². The van der Waals surface area contributed by atoms with Gasteiger partial charge in [-0.15, -0.1) is 0 Å². The minimum Gasteiger partial charge on any atom is -0.299 e. The van der Waals surface area contributed by atoms with Crippen LogP contribution in [0, 0.1) is 23.7 Å². The van der Waals surface area contributed by atoms with Gasteiger partial charge in [0.05, 0.1) is 6.42 Å². The Labute approximate surface area is 87.5 Å². The van der Waals surface area contributed by atoms with Gasteiger partial charge in [-0.25, -0.2) is 0 Å². The Morgan fingerprint density at radius 1 is 0.867 bits per heavy atom. The van der Waals surface area contributed by atoms with Crippen molar-refractivity contribution in [2.75, 3.05) is 0 Å². The molecule has 0 aromatic carbocycles. The fourth-order valence-electron chi connectivity index (χ4n) is 3.56. The average Bonchev–Trinajstić information content (AvgIpc) is 2.72. The van der Waals surface area contributed by atoms with Crippen LogP contribution in [-0.2, 0) is 14.4 Å². The zero-order chi connectivity index (χ0) is 10.7. The quantitative estimate of drug-likeness (QED) is 0.435. The lowest BCUT2D eigenvalue weighted by Gasteiger charge is -2.12. The summed E-state index contributed by atoms with van der Waals surface area (Å²) < 4.78 is 0. The van der Waals surface area contributed by atoms with E-state index >= 15 is 0 Å². The fourth-order valence-corrected chi connectivity index (χ4v) is 3.56. The molecular weight excluding hydrogens is 192 g/mol. The van der Waals surface area contributed by atoms with Gasteiger partial charge in [0.2, 0.25) is 0 Å². The minimum absolute atomic E-state index is 0.0134. The van der Waals surface area contributed by atoms with Crippen molar-refractivity contribution in [2.45, 2.75) is 19.3 Å². The van der Waals surface area contributed by atoms with Gasteiger partial charge in [-0.05, 0) is 12.3 Å². The number of hydrogen-bond acceptors (Lipinski definition) is 3. The van der Waals surface area contributed by atoms with Gasteiger partial charge in [0, 0.05) is 24.2 Å². The zero-order valence-electron chi connectivity index (χ0n) is 8.36. The van der Waals surface area contributed by atoms with Crippen molar-refractivity contribution in [1.82, 2.24) is 0 Å². The molecule has 4 atom stereocenters. The molecule has 3 nitrogen and oxygen atoms in total. The van der Waals surface area contributed by atoms with Crippen LogP contribution in [0.25, 0.3) is 0 Å². The smallest absolute Gasteiger partial charge is 0.144 e. The number of allylic oxidation sites excluding steroid dienone is 1. The number of carbonyl (C=O) groups is 3. The first kappa shape index (κ1) is 9.01. The van der Waals surface area contributed by atoms with Crippen LogP contribution in [-0.4, -0.2) is 17.3 Å². The summed E-state index contributed by atoms with van der Waals surface area (Å²) >= 11 is 0. The van der Waals surface area contributed by atoms with Gasteiger partial charge in [-0.1, -0.05) is 12.2 Å². The summed E-state index contributed by atoms with van der Waals surface area (Å²) in [6.07, 6.45) is 1.16. The molecule has 78 valence electrons. The maximum atomic E-state index is 11.7. The third-order valence-corrected chi connectivity index (χ3v) is 4.19. The molecule has 0 aromatic heterocycles. The fraction of sp³-hybridized carbons (Fsp3) is 0.583. The molecule has 0 aromatic rings. The van der Waals surface area contributed by atoms with Crippen molar-refractivity contribution in [3.8, 4) is 0 Å². The normalized spacial score (nSPS) is 43.7. The van der Waals surface area contributed by atoms with Crippen LogP contribution in [0.2, 0.25) is 0 Å². The Morgan fingerprint density at radius 2 is 1.47 bits per heavy atom. The third kappa shape index (κ3) is 0.981. The molecule has 0 spiro atoms. The maximum Gasteiger partial charge on any atom is 0.144 e. The summed E-state index contributed by atoms with van der Waals surface area (Å²) in [5, 5.41) is 0. The largest absolute Gasteiger partial charge is 0.299 e. The van der Waals surface area contributed by atoms with Crippen LogP contribution in [0.15, 0.2) is 12.2 Å². The van der Waals surface area contributed by atoms with E-state index < -0.39 is 0 Å². The number of hydrogen-bond donors (Lipinski definition) is 0. The molecule has 0 amide bonds. The summed E-state index contributed by atoms with van der Waals surface area (Å²) in [5.41, 5.74) is 0.931. The monoisotopic (exact) mass is 204 g/mol. The minimum atomic E-state index is -0.297. The number of Topliss-reactive ketones (excluding diaryl/α,β-unsaturated/α-hetero) is 3. The molecule has 3 aliphatic carbocycles. The Hall–Kier alpha value is -1.25. The van der Waals surface area contributed by atoms with Crippen LogP contribution in [0.3, 0.4) is 0 Å². The molecule has 15 heavy (non-hydrogen) atoms. The van der Waals surface area contributed by atoms with Crippen LogP contribution >= 0.6 is 0 Å². The van der Waals surface area contributed by atoms with Crippen molar-refractivity contribution < 1.29 is 14.4 Å². The molecule has 0 bridgehead atoms. The second-order valence-electron chi connectivity index (χ2n) is 4.91. The molecule has 3 rings (SSSR count). The average molecular weight is 204 g/mol. The maximum absolute atomic E-state index is 11.7. The Morgan fingerprint density at radius 3 is 2.20 bits per heavy atom. The lowest BCUT2D eigenvalue weighted by molar-refractivity contribution is -0.129. The molecule has 3 aliphatic rings. The summed E-state index contributed by atoms with van der Waals surface area (Å²) in [6.45, 7) is 3.88. The van der Waals surface area contributed by atoms with Crippen LogP contribution in [0.5, 0.6) is 0 Å². The number of rotatable bonds is 0. The van der Waals surface area contributed by atoms with Crippen molar-refractivity contribution in [3.63, 3.8) is 0 Å². The molecule has 0 saturated heterocycles. The van der Waals surface area contributed by atoms with E-state index in [2.05, 4.69) is 6.58 Å². The van der Waals surface area contributed by atoms with E-state index in [9.17, 15) is 14.4 Å². The molecule has 3 heteroatoms. The van der Waals surface area contributed by atoms with Gasteiger partial charge in [-0.3, -0.25) is 14.4 Å². The van der Waals surface area contributed by atoms with Crippen molar-refractivity contribution >= 4 is 17.3 Å². The lowest BCUT2D eigenvalue weighted by Crippen LogP contribution is -2.23. The molecule has 3 fully saturated rings.